The van der Waals surface area contributed by atoms with E-state index in [1.54, 1.807) is 13.3 Å². The number of hydrogen-bond acceptors (Lipinski definition) is 7. The Kier molecular flexibility index (Phi) is 9.21. The Morgan fingerprint density at radius 1 is 1.05 bits per heavy atom. The van der Waals surface area contributed by atoms with Crippen LogP contribution in [0, 0.1) is 11.8 Å². The molecular formula is C30H39F3N4O4. The van der Waals surface area contributed by atoms with Gasteiger partial charge in [0.05, 0.1) is 26.7 Å². The molecule has 4 heterocycles. The van der Waals surface area contributed by atoms with Crippen LogP contribution < -0.4 is 14.4 Å². The Labute approximate surface area is 238 Å². The summed E-state index contributed by atoms with van der Waals surface area (Å²) in [5.41, 5.74) is 3.13. The van der Waals surface area contributed by atoms with E-state index in [1.807, 2.05) is 24.4 Å². The standard InChI is InChI=1S/C30H39F3N4O4/c1-40-27-16-26(25(17-35-27)22-7-10-36(11-8-22)19-30(31,32)33)37-12-5-20(6-13-37)18-41-28-14-23(4-9-34-28)24(15-29(38)39)21-2-3-21/h4,9,14,16-17,20-22,24H,2-3,5-8,10-13,15,18-19H2,1H3,(H,38,39). The van der Waals surface area contributed by atoms with Crippen molar-refractivity contribution in [2.24, 2.45) is 11.8 Å². The fourth-order valence-electron chi connectivity index (χ4n) is 6.31. The normalized spacial score (nSPS) is 20.1. The van der Waals surface area contributed by atoms with E-state index in [0.717, 1.165) is 55.6 Å². The minimum absolute atomic E-state index is 0.00418. The van der Waals surface area contributed by atoms with Crippen LogP contribution in [0.4, 0.5) is 18.9 Å². The lowest BCUT2D eigenvalue weighted by Crippen LogP contribution is -2.40. The topological polar surface area (TPSA) is 88.0 Å². The molecule has 1 unspecified atom stereocenters. The van der Waals surface area contributed by atoms with Crippen molar-refractivity contribution < 1.29 is 32.5 Å². The molecule has 3 fully saturated rings. The van der Waals surface area contributed by atoms with Gasteiger partial charge in [-0.25, -0.2) is 9.97 Å². The van der Waals surface area contributed by atoms with Gasteiger partial charge in [0.25, 0.3) is 0 Å². The van der Waals surface area contributed by atoms with Gasteiger partial charge in [-0.2, -0.15) is 13.2 Å². The van der Waals surface area contributed by atoms with Crippen molar-refractivity contribution in [2.75, 3.05) is 51.3 Å². The fraction of sp³-hybridized carbons (Fsp3) is 0.633. The fourth-order valence-corrected chi connectivity index (χ4v) is 6.31. The first-order valence-corrected chi connectivity index (χ1v) is 14.6. The third-order valence-corrected chi connectivity index (χ3v) is 8.72. The minimum Gasteiger partial charge on any atom is -0.481 e. The number of aliphatic carboxylic acids is 1. The van der Waals surface area contributed by atoms with Crippen molar-refractivity contribution in [3.63, 3.8) is 0 Å². The van der Waals surface area contributed by atoms with Gasteiger partial charge < -0.3 is 19.5 Å². The van der Waals surface area contributed by atoms with Gasteiger partial charge in [0.1, 0.15) is 0 Å². The number of ether oxygens (including phenoxy) is 2. The number of halogens is 3. The quantitative estimate of drug-likeness (QED) is 0.376. The lowest BCUT2D eigenvalue weighted by atomic mass is 9.88. The van der Waals surface area contributed by atoms with E-state index in [0.29, 0.717) is 56.1 Å². The van der Waals surface area contributed by atoms with Crippen LogP contribution in [0.1, 0.15) is 67.9 Å². The van der Waals surface area contributed by atoms with Crippen molar-refractivity contribution in [1.29, 1.82) is 0 Å². The van der Waals surface area contributed by atoms with E-state index in [2.05, 4.69) is 14.9 Å². The lowest BCUT2D eigenvalue weighted by molar-refractivity contribution is -0.148. The van der Waals surface area contributed by atoms with Gasteiger partial charge in [-0.1, -0.05) is 0 Å². The molecule has 0 spiro atoms. The highest BCUT2D eigenvalue weighted by molar-refractivity contribution is 5.68. The summed E-state index contributed by atoms with van der Waals surface area (Å²) in [6.07, 6.45) is 4.82. The van der Waals surface area contributed by atoms with E-state index in [1.165, 1.54) is 4.90 Å². The Morgan fingerprint density at radius 2 is 1.78 bits per heavy atom. The van der Waals surface area contributed by atoms with Crippen LogP contribution in [-0.4, -0.2) is 78.6 Å². The largest absolute Gasteiger partial charge is 0.481 e. The van der Waals surface area contributed by atoms with E-state index >= 15 is 0 Å². The number of methoxy groups -OCH3 is 1. The lowest BCUT2D eigenvalue weighted by Gasteiger charge is -2.37. The van der Waals surface area contributed by atoms with Crippen LogP contribution in [0.25, 0.3) is 0 Å². The highest BCUT2D eigenvalue weighted by Gasteiger charge is 2.35. The molecule has 1 saturated carbocycles. The number of nitrogens with zero attached hydrogens (tertiary/aromatic N) is 4. The summed E-state index contributed by atoms with van der Waals surface area (Å²) >= 11 is 0. The number of rotatable bonds is 11. The van der Waals surface area contributed by atoms with Gasteiger partial charge in [-0.15, -0.1) is 0 Å². The highest BCUT2D eigenvalue weighted by Crippen LogP contribution is 2.45. The molecule has 2 aromatic rings. The number of carboxylic acids is 1. The molecule has 5 rings (SSSR count). The first kappa shape index (κ1) is 29.4. The molecule has 2 aliphatic heterocycles. The summed E-state index contributed by atoms with van der Waals surface area (Å²) in [5.74, 6) is 1.23. The predicted molar refractivity (Wildman–Crippen MR) is 148 cm³/mol. The maximum atomic E-state index is 12.9. The second-order valence-electron chi connectivity index (χ2n) is 11.7. The molecular weight excluding hydrogens is 537 g/mol. The van der Waals surface area contributed by atoms with Crippen molar-refractivity contribution in [1.82, 2.24) is 14.9 Å². The zero-order chi connectivity index (χ0) is 29.0. The maximum absolute atomic E-state index is 12.9. The molecule has 1 atom stereocenters. The van der Waals surface area contributed by atoms with Crippen LogP contribution in [0.5, 0.6) is 11.8 Å². The average Bonchev–Trinajstić information content (AvgIpc) is 3.80. The van der Waals surface area contributed by atoms with Crippen molar-refractivity contribution in [3.05, 3.63) is 41.7 Å². The predicted octanol–water partition coefficient (Wildman–Crippen LogP) is 5.49. The van der Waals surface area contributed by atoms with E-state index in [-0.39, 0.29) is 18.3 Å². The SMILES string of the molecule is COc1cc(N2CCC(COc3cc(C(CC(=O)O)C4CC4)ccn3)CC2)c(C2CCN(CC(F)(F)F)CC2)cn1. The molecule has 1 N–H and O–H groups in total. The number of alkyl halides is 3. The van der Waals surface area contributed by atoms with Crippen molar-refractivity contribution in [3.8, 4) is 11.8 Å². The number of anilines is 1. The minimum atomic E-state index is -4.17. The number of piperidine rings is 2. The van der Waals surface area contributed by atoms with Crippen LogP contribution >= 0.6 is 0 Å². The van der Waals surface area contributed by atoms with Gasteiger partial charge in [0, 0.05) is 43.3 Å². The van der Waals surface area contributed by atoms with Gasteiger partial charge in [-0.3, -0.25) is 9.69 Å². The maximum Gasteiger partial charge on any atom is 0.401 e. The van der Waals surface area contributed by atoms with Gasteiger partial charge >= 0.3 is 12.1 Å². The zero-order valence-electron chi connectivity index (χ0n) is 23.5. The number of likely N-dealkylation sites (tertiary alicyclic amines) is 1. The zero-order valence-corrected chi connectivity index (χ0v) is 23.5. The molecule has 224 valence electrons. The van der Waals surface area contributed by atoms with E-state index in [9.17, 15) is 23.1 Å². The van der Waals surface area contributed by atoms with E-state index in [4.69, 9.17) is 9.47 Å². The van der Waals surface area contributed by atoms with Gasteiger partial charge in [0.15, 0.2) is 0 Å². The number of aromatic nitrogens is 2. The Morgan fingerprint density at radius 3 is 2.41 bits per heavy atom. The summed E-state index contributed by atoms with van der Waals surface area (Å²) in [6.45, 7) is 2.19. The molecule has 2 aromatic heterocycles. The molecule has 11 heteroatoms. The molecule has 8 nitrogen and oxygen atoms in total. The molecule has 41 heavy (non-hydrogen) atoms. The van der Waals surface area contributed by atoms with Crippen molar-refractivity contribution >= 4 is 11.7 Å². The Balaban J connectivity index is 1.17. The molecule has 1 aliphatic carbocycles. The number of carboxylic acid groups (broad SMARTS) is 1. The van der Waals surface area contributed by atoms with Crippen LogP contribution in [-0.2, 0) is 4.79 Å². The van der Waals surface area contributed by atoms with Gasteiger partial charge in [-0.05, 0) is 92.5 Å². The second kappa shape index (κ2) is 12.8. The molecule has 0 aromatic carbocycles. The number of carbonyl (C=O) groups is 1. The molecule has 0 amide bonds. The van der Waals surface area contributed by atoms with Crippen molar-refractivity contribution in [2.45, 2.75) is 63.0 Å². The monoisotopic (exact) mass is 576 g/mol. The smallest absolute Gasteiger partial charge is 0.401 e. The van der Waals surface area contributed by atoms with Crippen LogP contribution in [0.15, 0.2) is 30.6 Å². The van der Waals surface area contributed by atoms with E-state index < -0.39 is 18.7 Å². The number of hydrogen-bond donors (Lipinski definition) is 1. The first-order chi connectivity index (χ1) is 19.7. The average molecular weight is 577 g/mol. The summed E-state index contributed by atoms with van der Waals surface area (Å²) < 4.78 is 50.0. The Hall–Kier alpha value is -3.08. The Bertz CT molecular complexity index is 1180. The molecule has 0 radical (unpaired) electrons. The summed E-state index contributed by atoms with van der Waals surface area (Å²) in [6, 6.07) is 5.76. The summed E-state index contributed by atoms with van der Waals surface area (Å²) in [4.78, 5) is 24.0. The molecule has 3 aliphatic rings. The third-order valence-electron chi connectivity index (χ3n) is 8.72. The summed E-state index contributed by atoms with van der Waals surface area (Å²) in [5, 5.41) is 9.34. The summed E-state index contributed by atoms with van der Waals surface area (Å²) in [7, 11) is 1.59. The van der Waals surface area contributed by atoms with Crippen LogP contribution in [0.3, 0.4) is 0 Å². The molecule has 0 bridgehead atoms. The highest BCUT2D eigenvalue weighted by atomic mass is 19.4. The third kappa shape index (κ3) is 8.02. The second-order valence-corrected chi connectivity index (χ2v) is 11.7. The van der Waals surface area contributed by atoms with Crippen LogP contribution in [0.2, 0.25) is 0 Å². The molecule has 2 saturated heterocycles. The first-order valence-electron chi connectivity index (χ1n) is 14.6. The van der Waals surface area contributed by atoms with Gasteiger partial charge in [0.2, 0.25) is 11.8 Å². The number of pyridine rings is 2.